The van der Waals surface area contributed by atoms with Gasteiger partial charge in [-0.15, -0.1) is 0 Å². The van der Waals surface area contributed by atoms with E-state index in [1.165, 1.54) is 0 Å². The molecule has 0 spiro atoms. The van der Waals surface area contributed by atoms with Crippen molar-refractivity contribution in [3.63, 3.8) is 0 Å². The van der Waals surface area contributed by atoms with Gasteiger partial charge in [0.15, 0.2) is 6.10 Å². The maximum Gasteiger partial charge on any atom is 0.407 e. The summed E-state index contributed by atoms with van der Waals surface area (Å²) in [6.07, 6.45) is 1.39. The molecule has 1 aromatic rings. The third-order valence-corrected chi connectivity index (χ3v) is 5.01. The Kier molecular flexibility index (Phi) is 8.44. The Balaban J connectivity index is 2.22. The van der Waals surface area contributed by atoms with Gasteiger partial charge in [-0.3, -0.25) is 0 Å². The Labute approximate surface area is 182 Å². The number of nitrogens with one attached hydrogen (secondary N) is 1. The Morgan fingerprint density at radius 2 is 1.47 bits per heavy atom. The molecule has 2 atom stereocenters. The van der Waals surface area contributed by atoms with Crippen LogP contribution in [0.3, 0.4) is 0 Å². The average Bonchev–Trinajstić information content (AvgIpc) is 2.72. The molecular weight excluding hydrogens is 441 g/mol. The van der Waals surface area contributed by atoms with Gasteiger partial charge in [0.1, 0.15) is 5.60 Å². The summed E-state index contributed by atoms with van der Waals surface area (Å²) in [6.45, 7) is 4.78. The van der Waals surface area contributed by atoms with Crippen LogP contribution in [0.1, 0.15) is 59.3 Å². The molecule has 0 unspecified atom stereocenters. The molecule has 32 heavy (non-hydrogen) atoms. The van der Waals surface area contributed by atoms with E-state index in [-0.39, 0.29) is 12.3 Å². The number of aliphatic hydroxyl groups is 1. The van der Waals surface area contributed by atoms with Crippen molar-refractivity contribution in [1.82, 2.24) is 5.32 Å². The summed E-state index contributed by atoms with van der Waals surface area (Å²) < 4.78 is 77.0. The summed E-state index contributed by atoms with van der Waals surface area (Å²) in [5.74, 6) is -15.2. The van der Waals surface area contributed by atoms with Gasteiger partial charge in [-0.25, -0.2) is 22.8 Å². The molecule has 1 saturated carbocycles. The molecule has 1 aromatic carbocycles. The lowest BCUT2D eigenvalue weighted by Crippen LogP contribution is -2.50. The maximum absolute atomic E-state index is 13.8. The van der Waals surface area contributed by atoms with Gasteiger partial charge in [0.25, 0.3) is 0 Å². The van der Waals surface area contributed by atoms with Gasteiger partial charge in [-0.2, -0.15) is 8.78 Å². The molecule has 6 nitrogen and oxygen atoms in total. The van der Waals surface area contributed by atoms with Gasteiger partial charge in [-0.1, -0.05) is 32.1 Å². The predicted molar refractivity (Wildman–Crippen MR) is 102 cm³/mol. The lowest BCUT2D eigenvalue weighted by molar-refractivity contribution is -0.146. The topological polar surface area (TPSA) is 84.9 Å². The minimum absolute atomic E-state index is 0.0281. The highest BCUT2D eigenvalue weighted by Crippen LogP contribution is 2.31. The van der Waals surface area contributed by atoms with E-state index in [2.05, 4.69) is 10.1 Å². The second-order valence-corrected chi connectivity index (χ2v) is 8.76. The standard InChI is InChI=1S/C21H26F5NO5/c1-21(2,3)32-20(30)27-11(9-10-7-5-4-6-8-10)17(28)19(29)31-18-15(25)13(23)12(22)14(24)16(18)26/h10-11,17,28H,4-9H2,1-3H3,(H,27,30)/t11-,17+/m1/s1. The van der Waals surface area contributed by atoms with Crippen molar-refractivity contribution in [1.29, 1.82) is 0 Å². The van der Waals surface area contributed by atoms with Gasteiger partial charge >= 0.3 is 12.1 Å². The van der Waals surface area contributed by atoms with Crippen LogP contribution < -0.4 is 10.1 Å². The third-order valence-electron chi connectivity index (χ3n) is 5.01. The van der Waals surface area contributed by atoms with Crippen LogP contribution in [0.25, 0.3) is 0 Å². The van der Waals surface area contributed by atoms with E-state index in [4.69, 9.17) is 4.74 Å². The Hall–Kier alpha value is -2.43. The first-order valence-electron chi connectivity index (χ1n) is 10.2. The number of hydrogen-bond donors (Lipinski definition) is 2. The fraction of sp³-hybridized carbons (Fsp3) is 0.619. The highest BCUT2D eigenvalue weighted by atomic mass is 19.2. The fourth-order valence-corrected chi connectivity index (χ4v) is 3.51. The third kappa shape index (κ3) is 6.54. The lowest BCUT2D eigenvalue weighted by atomic mass is 9.83. The quantitative estimate of drug-likeness (QED) is 0.211. The van der Waals surface area contributed by atoms with E-state index < -0.39 is 64.6 Å². The molecule has 11 heteroatoms. The van der Waals surface area contributed by atoms with Gasteiger partial charge < -0.3 is 19.9 Å². The first kappa shape index (κ1) is 25.8. The zero-order chi connectivity index (χ0) is 24.2. The van der Waals surface area contributed by atoms with E-state index in [1.807, 2.05) is 0 Å². The zero-order valence-corrected chi connectivity index (χ0v) is 17.9. The molecule has 1 fully saturated rings. The van der Waals surface area contributed by atoms with Crippen molar-refractivity contribution in [3.8, 4) is 5.75 Å². The van der Waals surface area contributed by atoms with Crippen LogP contribution in [-0.4, -0.2) is 34.9 Å². The fourth-order valence-electron chi connectivity index (χ4n) is 3.51. The second kappa shape index (κ2) is 10.5. The van der Waals surface area contributed by atoms with Crippen LogP contribution in [0.2, 0.25) is 0 Å². The SMILES string of the molecule is CC(C)(C)OC(=O)N[C@H](CC1CCCCC1)[C@H](O)C(=O)Oc1c(F)c(F)c(F)c(F)c1F. The highest BCUT2D eigenvalue weighted by Gasteiger charge is 2.36. The molecular formula is C21H26F5NO5. The number of ether oxygens (including phenoxy) is 2. The monoisotopic (exact) mass is 467 g/mol. The molecule has 0 bridgehead atoms. The van der Waals surface area contributed by atoms with Crippen molar-refractivity contribution in [2.24, 2.45) is 5.92 Å². The Bertz CT molecular complexity index is 823. The molecule has 180 valence electrons. The lowest BCUT2D eigenvalue weighted by Gasteiger charge is -2.30. The summed E-state index contributed by atoms with van der Waals surface area (Å²) in [7, 11) is 0. The van der Waals surface area contributed by atoms with Gasteiger partial charge in [-0.05, 0) is 33.1 Å². The van der Waals surface area contributed by atoms with Crippen molar-refractivity contribution < 1.29 is 46.1 Å². The van der Waals surface area contributed by atoms with E-state index in [9.17, 15) is 36.6 Å². The summed E-state index contributed by atoms with van der Waals surface area (Å²) in [5.41, 5.74) is -0.889. The van der Waals surface area contributed by atoms with E-state index in [1.54, 1.807) is 20.8 Å². The predicted octanol–water partition coefficient (Wildman–Crippen LogP) is 4.51. The van der Waals surface area contributed by atoms with E-state index in [0.29, 0.717) is 0 Å². The number of halogens is 5. The van der Waals surface area contributed by atoms with Gasteiger partial charge in [0.05, 0.1) is 6.04 Å². The number of carbonyl (C=O) groups excluding carboxylic acids is 2. The Morgan fingerprint density at radius 1 is 0.969 bits per heavy atom. The molecule has 0 saturated heterocycles. The molecule has 0 aliphatic heterocycles. The molecule has 2 rings (SSSR count). The highest BCUT2D eigenvalue weighted by molar-refractivity contribution is 5.79. The maximum atomic E-state index is 13.8. The van der Waals surface area contributed by atoms with Crippen LogP contribution in [-0.2, 0) is 9.53 Å². The number of benzene rings is 1. The molecule has 0 aromatic heterocycles. The van der Waals surface area contributed by atoms with Crippen LogP contribution >= 0.6 is 0 Å². The van der Waals surface area contributed by atoms with Crippen LogP contribution in [0.4, 0.5) is 26.7 Å². The van der Waals surface area contributed by atoms with Gasteiger partial charge in [0.2, 0.25) is 34.8 Å². The minimum Gasteiger partial charge on any atom is -0.444 e. The summed E-state index contributed by atoms with van der Waals surface area (Å²) >= 11 is 0. The first-order chi connectivity index (χ1) is 14.8. The molecule has 0 heterocycles. The van der Waals surface area contributed by atoms with Crippen LogP contribution in [0.5, 0.6) is 5.75 Å². The summed E-state index contributed by atoms with van der Waals surface area (Å²) in [6, 6.07) is -1.28. The first-order valence-corrected chi connectivity index (χ1v) is 10.2. The molecule has 1 aliphatic rings. The molecule has 1 aliphatic carbocycles. The van der Waals surface area contributed by atoms with E-state index >= 15 is 0 Å². The number of aliphatic hydroxyl groups excluding tert-OH is 1. The van der Waals surface area contributed by atoms with Crippen LogP contribution in [0, 0.1) is 35.0 Å². The number of esters is 1. The number of amides is 1. The Morgan fingerprint density at radius 3 is 1.97 bits per heavy atom. The van der Waals surface area contributed by atoms with Crippen molar-refractivity contribution in [2.45, 2.75) is 77.0 Å². The van der Waals surface area contributed by atoms with Crippen LogP contribution in [0.15, 0.2) is 0 Å². The van der Waals surface area contributed by atoms with Gasteiger partial charge in [0, 0.05) is 0 Å². The van der Waals surface area contributed by atoms with Crippen molar-refractivity contribution in [2.75, 3.05) is 0 Å². The normalized spacial score (nSPS) is 16.9. The number of carbonyl (C=O) groups is 2. The van der Waals surface area contributed by atoms with E-state index in [0.717, 1.165) is 32.1 Å². The van der Waals surface area contributed by atoms with Crippen molar-refractivity contribution in [3.05, 3.63) is 29.1 Å². The average molecular weight is 467 g/mol. The summed E-state index contributed by atoms with van der Waals surface area (Å²) in [5, 5.41) is 12.8. The zero-order valence-electron chi connectivity index (χ0n) is 17.9. The molecule has 0 radical (unpaired) electrons. The largest absolute Gasteiger partial charge is 0.444 e. The molecule has 2 N–H and O–H groups in total. The minimum atomic E-state index is -2.41. The van der Waals surface area contributed by atoms with Crippen molar-refractivity contribution >= 4 is 12.1 Å². The molecule has 1 amide bonds. The number of alkyl carbamates (subject to hydrolysis) is 1. The smallest absolute Gasteiger partial charge is 0.407 e. The number of rotatable bonds is 6. The number of hydrogen-bond acceptors (Lipinski definition) is 5. The second-order valence-electron chi connectivity index (χ2n) is 8.76. The summed E-state index contributed by atoms with van der Waals surface area (Å²) in [4.78, 5) is 24.5.